The summed E-state index contributed by atoms with van der Waals surface area (Å²) in [4.78, 5) is 2.29. The van der Waals surface area contributed by atoms with Gasteiger partial charge in [-0.15, -0.1) is 0 Å². The molecule has 0 N–H and O–H groups in total. The van der Waals surface area contributed by atoms with Crippen molar-refractivity contribution in [3.8, 4) is 0 Å². The molecule has 99 valence electrons. The number of likely N-dealkylation sites (tertiary alicyclic amines) is 1. The highest BCUT2D eigenvalue weighted by Gasteiger charge is 2.31. The second-order valence-electron chi connectivity index (χ2n) is 4.77. The fraction of sp³-hybridized carbons (Fsp3) is 0.571. The first-order chi connectivity index (χ1) is 8.50. The van der Waals surface area contributed by atoms with E-state index in [1.807, 2.05) is 0 Å². The summed E-state index contributed by atoms with van der Waals surface area (Å²) in [5, 5.41) is 0. The maximum Gasteiger partial charge on any atom is 0.417 e. The van der Waals surface area contributed by atoms with Gasteiger partial charge in [0, 0.05) is 6.54 Å². The van der Waals surface area contributed by atoms with E-state index >= 15 is 0 Å². The summed E-state index contributed by atoms with van der Waals surface area (Å²) in [6, 6.07) is 6.68. The Morgan fingerprint density at radius 2 is 2.22 bits per heavy atom. The number of benzene rings is 1. The van der Waals surface area contributed by atoms with Crippen molar-refractivity contribution in [3.05, 3.63) is 35.4 Å². The molecular weight excluding hydrogens is 239 g/mol. The summed E-state index contributed by atoms with van der Waals surface area (Å²) in [6.07, 6.45) is -2.27. The van der Waals surface area contributed by atoms with Gasteiger partial charge in [0.15, 0.2) is 0 Å². The molecular formula is C14H17F3N. The van der Waals surface area contributed by atoms with Crippen LogP contribution in [0.5, 0.6) is 0 Å². The van der Waals surface area contributed by atoms with Gasteiger partial charge >= 0.3 is 6.18 Å². The fourth-order valence-electron chi connectivity index (χ4n) is 2.52. The fourth-order valence-corrected chi connectivity index (χ4v) is 2.52. The molecule has 1 aromatic rings. The van der Waals surface area contributed by atoms with Crippen molar-refractivity contribution >= 4 is 0 Å². The monoisotopic (exact) mass is 256 g/mol. The maximum atomic E-state index is 12.6. The molecule has 0 saturated carbocycles. The van der Waals surface area contributed by atoms with E-state index in [-0.39, 0.29) is 5.92 Å². The van der Waals surface area contributed by atoms with E-state index < -0.39 is 11.7 Å². The largest absolute Gasteiger partial charge is 0.417 e. The molecule has 1 unspecified atom stereocenters. The van der Waals surface area contributed by atoms with Crippen molar-refractivity contribution in [1.82, 2.24) is 4.90 Å². The van der Waals surface area contributed by atoms with E-state index in [1.54, 1.807) is 6.07 Å². The van der Waals surface area contributed by atoms with Crippen molar-refractivity contribution in [3.63, 3.8) is 0 Å². The second-order valence-corrected chi connectivity index (χ2v) is 4.77. The Morgan fingerprint density at radius 1 is 1.44 bits per heavy atom. The molecule has 1 fully saturated rings. The summed E-state index contributed by atoms with van der Waals surface area (Å²) in [6.45, 7) is 4.96. The molecule has 0 bridgehead atoms. The molecule has 1 nitrogen and oxygen atoms in total. The molecule has 2 rings (SSSR count). The van der Waals surface area contributed by atoms with E-state index in [9.17, 15) is 13.2 Å². The van der Waals surface area contributed by atoms with Crippen LogP contribution in [0.25, 0.3) is 0 Å². The number of piperidine rings is 1. The van der Waals surface area contributed by atoms with Crippen molar-refractivity contribution in [1.29, 1.82) is 0 Å². The van der Waals surface area contributed by atoms with Crippen LogP contribution in [0.15, 0.2) is 18.2 Å². The molecule has 0 amide bonds. The van der Waals surface area contributed by atoms with E-state index in [1.165, 1.54) is 12.1 Å². The lowest BCUT2D eigenvalue weighted by Gasteiger charge is -2.32. The Labute approximate surface area is 106 Å². The minimum atomic E-state index is -4.30. The topological polar surface area (TPSA) is 3.24 Å². The lowest BCUT2D eigenvalue weighted by molar-refractivity contribution is -0.137. The summed E-state index contributed by atoms with van der Waals surface area (Å²) in [5.41, 5.74) is 0.132. The third-order valence-electron chi connectivity index (χ3n) is 3.56. The number of likely N-dealkylation sites (N-methyl/N-ethyl adjacent to an activating group) is 1. The summed E-state index contributed by atoms with van der Waals surface area (Å²) in [7, 11) is 0. The molecule has 1 aliphatic heterocycles. The Bertz CT molecular complexity index is 400. The van der Waals surface area contributed by atoms with Crippen molar-refractivity contribution < 1.29 is 13.2 Å². The molecule has 1 aromatic carbocycles. The minimum absolute atomic E-state index is 0.217. The first-order valence-electron chi connectivity index (χ1n) is 6.32. The first-order valence-corrected chi connectivity index (χ1v) is 6.32. The van der Waals surface area contributed by atoms with E-state index in [0.29, 0.717) is 0 Å². The van der Waals surface area contributed by atoms with Crippen molar-refractivity contribution in [2.24, 2.45) is 0 Å². The molecule has 0 aliphatic carbocycles. The Morgan fingerprint density at radius 3 is 2.89 bits per heavy atom. The minimum Gasteiger partial charge on any atom is -0.303 e. The number of halogens is 3. The normalized spacial score (nSPS) is 22.1. The molecule has 1 heterocycles. The SMILES string of the molecule is CCN1CCCC(c2cc[c]c(C(F)(F)F)c2)C1. The van der Waals surface area contributed by atoms with E-state index in [4.69, 9.17) is 0 Å². The summed E-state index contributed by atoms with van der Waals surface area (Å²) in [5.74, 6) is 0.217. The third-order valence-corrected chi connectivity index (χ3v) is 3.56. The highest BCUT2D eigenvalue weighted by molar-refractivity contribution is 5.28. The molecule has 4 heteroatoms. The van der Waals surface area contributed by atoms with Crippen LogP contribution in [0.4, 0.5) is 13.2 Å². The quantitative estimate of drug-likeness (QED) is 0.779. The van der Waals surface area contributed by atoms with Gasteiger partial charge in [0.05, 0.1) is 5.56 Å². The molecule has 1 radical (unpaired) electrons. The number of rotatable bonds is 2. The van der Waals surface area contributed by atoms with Gasteiger partial charge in [0.1, 0.15) is 0 Å². The van der Waals surface area contributed by atoms with Crippen LogP contribution >= 0.6 is 0 Å². The molecule has 0 aromatic heterocycles. The van der Waals surface area contributed by atoms with Gasteiger partial charge in [0.2, 0.25) is 0 Å². The average molecular weight is 256 g/mol. The van der Waals surface area contributed by atoms with E-state index in [0.717, 1.165) is 38.0 Å². The Kier molecular flexibility index (Phi) is 3.95. The lowest BCUT2D eigenvalue weighted by atomic mass is 9.89. The van der Waals surface area contributed by atoms with Gasteiger partial charge in [-0.1, -0.05) is 19.1 Å². The van der Waals surface area contributed by atoms with Crippen LogP contribution in [0.1, 0.15) is 36.8 Å². The third kappa shape index (κ3) is 3.05. The predicted octanol–water partition coefficient (Wildman–Crippen LogP) is 3.70. The van der Waals surface area contributed by atoms with Crippen LogP contribution in [0.2, 0.25) is 0 Å². The highest BCUT2D eigenvalue weighted by Crippen LogP contribution is 2.33. The zero-order valence-corrected chi connectivity index (χ0v) is 10.4. The Hall–Kier alpha value is -1.03. The van der Waals surface area contributed by atoms with Crippen LogP contribution in [0, 0.1) is 6.07 Å². The Balaban J connectivity index is 2.18. The van der Waals surface area contributed by atoms with Gasteiger partial charge in [0.25, 0.3) is 0 Å². The van der Waals surface area contributed by atoms with Crippen LogP contribution < -0.4 is 0 Å². The molecule has 1 saturated heterocycles. The van der Waals surface area contributed by atoms with Crippen molar-refractivity contribution in [2.45, 2.75) is 31.9 Å². The zero-order chi connectivity index (χ0) is 13.2. The maximum absolute atomic E-state index is 12.6. The summed E-state index contributed by atoms with van der Waals surface area (Å²) < 4.78 is 37.9. The van der Waals surface area contributed by atoms with Gasteiger partial charge in [-0.05, 0) is 49.5 Å². The number of hydrogen-bond donors (Lipinski definition) is 0. The van der Waals surface area contributed by atoms with Gasteiger partial charge in [-0.3, -0.25) is 0 Å². The molecule has 0 spiro atoms. The average Bonchev–Trinajstić information content (AvgIpc) is 2.38. The first kappa shape index (κ1) is 13.4. The van der Waals surface area contributed by atoms with Crippen LogP contribution in [-0.2, 0) is 6.18 Å². The van der Waals surface area contributed by atoms with Crippen LogP contribution in [-0.4, -0.2) is 24.5 Å². The molecule has 18 heavy (non-hydrogen) atoms. The number of hydrogen-bond acceptors (Lipinski definition) is 1. The lowest BCUT2D eigenvalue weighted by Crippen LogP contribution is -2.34. The van der Waals surface area contributed by atoms with Crippen LogP contribution in [0.3, 0.4) is 0 Å². The highest BCUT2D eigenvalue weighted by atomic mass is 19.4. The van der Waals surface area contributed by atoms with E-state index in [2.05, 4.69) is 17.9 Å². The smallest absolute Gasteiger partial charge is 0.303 e. The molecule has 1 aliphatic rings. The van der Waals surface area contributed by atoms with Gasteiger partial charge in [-0.2, -0.15) is 13.2 Å². The second kappa shape index (κ2) is 5.31. The number of nitrogens with zero attached hydrogens (tertiary/aromatic N) is 1. The molecule has 1 atom stereocenters. The summed E-state index contributed by atoms with van der Waals surface area (Å²) >= 11 is 0. The van der Waals surface area contributed by atoms with Gasteiger partial charge in [-0.25, -0.2) is 0 Å². The number of alkyl halides is 3. The zero-order valence-electron chi connectivity index (χ0n) is 10.4. The van der Waals surface area contributed by atoms with Gasteiger partial charge < -0.3 is 4.90 Å². The standard InChI is InChI=1S/C14H17F3N/c1-2-18-8-4-6-12(10-18)11-5-3-7-13(9-11)14(15,16)17/h3,5,9,12H,2,4,6,8,10H2,1H3. The van der Waals surface area contributed by atoms with Crippen molar-refractivity contribution in [2.75, 3.05) is 19.6 Å². The predicted molar refractivity (Wildman–Crippen MR) is 64.4 cm³/mol.